The van der Waals surface area contributed by atoms with Gasteiger partial charge in [-0.3, -0.25) is 4.90 Å². The number of aliphatic imine (C=N–C) groups is 1. The largest absolute Gasteiger partial charge is 0.313 e. The lowest BCUT2D eigenvalue weighted by Gasteiger charge is -2.23. The van der Waals surface area contributed by atoms with E-state index in [0.29, 0.717) is 0 Å². The van der Waals surface area contributed by atoms with Crippen molar-refractivity contribution in [3.63, 3.8) is 0 Å². The van der Waals surface area contributed by atoms with Gasteiger partial charge in [0.05, 0.1) is 22.7 Å². The van der Waals surface area contributed by atoms with Crippen LogP contribution in [0, 0.1) is 0 Å². The van der Waals surface area contributed by atoms with E-state index in [9.17, 15) is 0 Å². The van der Waals surface area contributed by atoms with Gasteiger partial charge < -0.3 is 4.90 Å². The van der Waals surface area contributed by atoms with E-state index in [1.54, 1.807) is 0 Å². The quantitative estimate of drug-likeness (QED) is 0.274. The monoisotopic (exact) mass is 397 g/mol. The minimum Gasteiger partial charge on any atom is -0.313 e. The Morgan fingerprint density at radius 1 is 0.548 bits per heavy atom. The average molecular weight is 397 g/mol. The molecular weight excluding hydrogens is 378 g/mol. The van der Waals surface area contributed by atoms with Gasteiger partial charge in [0.15, 0.2) is 0 Å². The molecule has 3 nitrogen and oxygen atoms in total. The van der Waals surface area contributed by atoms with Crippen LogP contribution in [-0.4, -0.2) is 13.0 Å². The fourth-order valence-electron chi connectivity index (χ4n) is 5.10. The van der Waals surface area contributed by atoms with Crippen molar-refractivity contribution in [2.45, 2.75) is 0 Å². The van der Waals surface area contributed by atoms with Gasteiger partial charge in [-0.15, -0.1) is 0 Å². The SMILES string of the molecule is CN1C2=Nc3ccc4ccccc4c3-c3c(ccc4ccccc34)N2c2ccccc21. The third kappa shape index (κ3) is 2.15. The van der Waals surface area contributed by atoms with Gasteiger partial charge in [0.1, 0.15) is 0 Å². The zero-order valence-corrected chi connectivity index (χ0v) is 17.1. The Kier molecular flexibility index (Phi) is 3.20. The van der Waals surface area contributed by atoms with Crippen molar-refractivity contribution < 1.29 is 0 Å². The molecule has 0 aliphatic carbocycles. The molecule has 0 unspecified atom stereocenters. The predicted molar refractivity (Wildman–Crippen MR) is 131 cm³/mol. The molecule has 0 saturated heterocycles. The zero-order chi connectivity index (χ0) is 20.5. The van der Waals surface area contributed by atoms with E-state index >= 15 is 0 Å². The zero-order valence-electron chi connectivity index (χ0n) is 17.1. The number of hydrogen-bond acceptors (Lipinski definition) is 3. The number of rotatable bonds is 0. The van der Waals surface area contributed by atoms with Crippen LogP contribution in [0.2, 0.25) is 0 Å². The highest BCUT2D eigenvalue weighted by Gasteiger charge is 2.36. The molecule has 0 N–H and O–H groups in total. The molecule has 0 radical (unpaired) electrons. The standard InChI is InChI=1S/C28H19N3/c1-30-23-12-6-7-13-24(23)31-25-17-15-19-9-3-5-11-21(19)27(25)26-20-10-4-2-8-18(20)14-16-22(26)29-28(30)31/h2-17H,1H3. The third-order valence-electron chi connectivity index (χ3n) is 6.51. The van der Waals surface area contributed by atoms with E-state index < -0.39 is 0 Å². The van der Waals surface area contributed by atoms with E-state index in [4.69, 9.17) is 4.99 Å². The second kappa shape index (κ2) is 5.96. The van der Waals surface area contributed by atoms with Gasteiger partial charge in [-0.05, 0) is 45.8 Å². The van der Waals surface area contributed by atoms with Gasteiger partial charge in [-0.1, -0.05) is 72.8 Å². The second-order valence-electron chi connectivity index (χ2n) is 8.16. The van der Waals surface area contributed by atoms with Crippen LogP contribution in [0.5, 0.6) is 0 Å². The number of benzene rings is 5. The summed E-state index contributed by atoms with van der Waals surface area (Å²) in [7, 11) is 2.10. The lowest BCUT2D eigenvalue weighted by molar-refractivity contribution is 1.26. The Morgan fingerprint density at radius 2 is 1.16 bits per heavy atom. The van der Waals surface area contributed by atoms with Crippen LogP contribution in [0.4, 0.5) is 22.7 Å². The van der Waals surface area contributed by atoms with Crippen molar-refractivity contribution in [2.75, 3.05) is 16.8 Å². The predicted octanol–water partition coefficient (Wildman–Crippen LogP) is 7.25. The first-order chi connectivity index (χ1) is 15.3. The number of para-hydroxylation sites is 2. The van der Waals surface area contributed by atoms with Gasteiger partial charge in [0.2, 0.25) is 5.96 Å². The van der Waals surface area contributed by atoms with Crippen molar-refractivity contribution in [1.82, 2.24) is 0 Å². The summed E-state index contributed by atoms with van der Waals surface area (Å²) in [5.74, 6) is 0.937. The number of fused-ring (bicyclic) bond motifs is 11. The van der Waals surface area contributed by atoms with Crippen molar-refractivity contribution in [3.8, 4) is 11.1 Å². The summed E-state index contributed by atoms with van der Waals surface area (Å²) < 4.78 is 0. The Bertz CT molecular complexity index is 1560. The molecule has 0 fully saturated rings. The maximum Gasteiger partial charge on any atom is 0.215 e. The Hall–Kier alpha value is -4.11. The first-order valence-electron chi connectivity index (χ1n) is 10.6. The third-order valence-corrected chi connectivity index (χ3v) is 6.51. The molecule has 2 aliphatic heterocycles. The number of hydrogen-bond donors (Lipinski definition) is 0. The molecule has 5 aromatic rings. The van der Waals surface area contributed by atoms with Gasteiger partial charge >= 0.3 is 0 Å². The molecule has 5 aromatic carbocycles. The minimum absolute atomic E-state index is 0.937. The molecule has 0 spiro atoms. The highest BCUT2D eigenvalue weighted by molar-refractivity contribution is 6.26. The Balaban J connectivity index is 1.70. The van der Waals surface area contributed by atoms with Crippen LogP contribution < -0.4 is 9.80 Å². The van der Waals surface area contributed by atoms with Crippen LogP contribution in [0.25, 0.3) is 32.7 Å². The molecule has 31 heavy (non-hydrogen) atoms. The number of nitrogens with zero attached hydrogens (tertiary/aromatic N) is 3. The summed E-state index contributed by atoms with van der Waals surface area (Å²) in [6, 6.07) is 34.6. The fourth-order valence-corrected chi connectivity index (χ4v) is 5.10. The van der Waals surface area contributed by atoms with Crippen molar-refractivity contribution in [3.05, 3.63) is 97.1 Å². The topological polar surface area (TPSA) is 18.8 Å². The smallest absolute Gasteiger partial charge is 0.215 e. The molecule has 0 saturated carbocycles. The van der Waals surface area contributed by atoms with E-state index in [2.05, 4.69) is 114 Å². The molecule has 7 rings (SSSR count). The first kappa shape index (κ1) is 16.7. The van der Waals surface area contributed by atoms with Crippen molar-refractivity contribution in [1.29, 1.82) is 0 Å². The summed E-state index contributed by atoms with van der Waals surface area (Å²) >= 11 is 0. The van der Waals surface area contributed by atoms with E-state index in [1.165, 1.54) is 44.0 Å². The van der Waals surface area contributed by atoms with Crippen molar-refractivity contribution in [2.24, 2.45) is 4.99 Å². The maximum absolute atomic E-state index is 5.24. The summed E-state index contributed by atoms with van der Waals surface area (Å²) in [5, 5.41) is 4.96. The summed E-state index contributed by atoms with van der Waals surface area (Å²) in [5.41, 5.74) is 6.96. The summed E-state index contributed by atoms with van der Waals surface area (Å²) in [4.78, 5) is 9.74. The summed E-state index contributed by atoms with van der Waals surface area (Å²) in [6.07, 6.45) is 0. The lowest BCUT2D eigenvalue weighted by Crippen LogP contribution is -2.32. The molecule has 0 aromatic heterocycles. The fraction of sp³-hybridized carbons (Fsp3) is 0.0357. The Labute approximate surface area is 180 Å². The first-order valence-corrected chi connectivity index (χ1v) is 10.6. The van der Waals surface area contributed by atoms with Crippen LogP contribution in [0.1, 0.15) is 0 Å². The van der Waals surface area contributed by atoms with Crippen LogP contribution in [-0.2, 0) is 0 Å². The minimum atomic E-state index is 0.937. The van der Waals surface area contributed by atoms with Gasteiger partial charge in [-0.2, -0.15) is 0 Å². The molecule has 3 heteroatoms. The highest BCUT2D eigenvalue weighted by atomic mass is 15.4. The molecule has 0 amide bonds. The molecule has 0 bridgehead atoms. The molecule has 2 heterocycles. The lowest BCUT2D eigenvalue weighted by atomic mass is 9.91. The highest BCUT2D eigenvalue weighted by Crippen LogP contribution is 2.52. The number of anilines is 3. The van der Waals surface area contributed by atoms with Crippen LogP contribution in [0.15, 0.2) is 102 Å². The van der Waals surface area contributed by atoms with E-state index in [1.807, 2.05) is 0 Å². The van der Waals surface area contributed by atoms with E-state index in [0.717, 1.165) is 17.3 Å². The normalized spacial score (nSPS) is 14.0. The van der Waals surface area contributed by atoms with Gasteiger partial charge in [-0.25, -0.2) is 4.99 Å². The van der Waals surface area contributed by atoms with Crippen molar-refractivity contribution >= 4 is 50.3 Å². The van der Waals surface area contributed by atoms with Gasteiger partial charge in [0, 0.05) is 18.2 Å². The maximum atomic E-state index is 5.24. The average Bonchev–Trinajstić information content (AvgIpc) is 3.00. The van der Waals surface area contributed by atoms with E-state index in [-0.39, 0.29) is 0 Å². The molecular formula is C28H19N3. The summed E-state index contributed by atoms with van der Waals surface area (Å²) in [6.45, 7) is 0. The Morgan fingerprint density at radius 3 is 1.94 bits per heavy atom. The van der Waals surface area contributed by atoms with Crippen LogP contribution in [0.3, 0.4) is 0 Å². The second-order valence-corrected chi connectivity index (χ2v) is 8.16. The molecule has 146 valence electrons. The molecule has 0 atom stereocenters. The number of guanidine groups is 1. The molecule has 2 aliphatic rings. The van der Waals surface area contributed by atoms with Gasteiger partial charge in [0.25, 0.3) is 0 Å². The van der Waals surface area contributed by atoms with Crippen LogP contribution >= 0.6 is 0 Å².